The van der Waals surface area contributed by atoms with E-state index in [4.69, 9.17) is 0 Å². The lowest BCUT2D eigenvalue weighted by Crippen LogP contribution is -2.32. The zero-order chi connectivity index (χ0) is 13.2. The van der Waals surface area contributed by atoms with Crippen LogP contribution in [0.25, 0.3) is 0 Å². The first-order chi connectivity index (χ1) is 8.68. The molecule has 1 N–H and O–H groups in total. The third-order valence-electron chi connectivity index (χ3n) is 3.77. The van der Waals surface area contributed by atoms with Crippen molar-refractivity contribution < 1.29 is 0 Å². The van der Waals surface area contributed by atoms with E-state index in [0.717, 1.165) is 0 Å². The molecule has 0 aromatic carbocycles. The summed E-state index contributed by atoms with van der Waals surface area (Å²) in [5.74, 6) is 0. The fourth-order valence-electron chi connectivity index (χ4n) is 2.50. The third kappa shape index (κ3) is 8.06. The Morgan fingerprint density at radius 1 is 1.06 bits per heavy atom. The molecule has 3 heteroatoms. The van der Waals surface area contributed by atoms with Gasteiger partial charge in [0.05, 0.1) is 0 Å². The lowest BCUT2D eigenvalue weighted by Gasteiger charge is -2.21. The quantitative estimate of drug-likeness (QED) is 0.604. The Balaban J connectivity index is 1.85. The van der Waals surface area contributed by atoms with Crippen LogP contribution in [0.15, 0.2) is 0 Å². The van der Waals surface area contributed by atoms with Crippen LogP contribution >= 0.6 is 0 Å². The molecule has 1 fully saturated rings. The Morgan fingerprint density at radius 2 is 1.78 bits per heavy atom. The average molecular weight is 255 g/mol. The SMILES string of the molecule is CC(C)NCCCCCN(C)CCN1CCCC1. The van der Waals surface area contributed by atoms with Crippen molar-refractivity contribution >= 4 is 0 Å². The van der Waals surface area contributed by atoms with Crippen LogP contribution in [0.4, 0.5) is 0 Å². The van der Waals surface area contributed by atoms with Gasteiger partial charge in [-0.05, 0) is 58.9 Å². The van der Waals surface area contributed by atoms with Crippen molar-refractivity contribution in [3.63, 3.8) is 0 Å². The van der Waals surface area contributed by atoms with E-state index in [1.54, 1.807) is 0 Å². The monoisotopic (exact) mass is 255 g/mol. The van der Waals surface area contributed by atoms with Gasteiger partial charge >= 0.3 is 0 Å². The van der Waals surface area contributed by atoms with Gasteiger partial charge in [-0.3, -0.25) is 0 Å². The molecular weight excluding hydrogens is 222 g/mol. The Morgan fingerprint density at radius 3 is 2.44 bits per heavy atom. The molecule has 0 bridgehead atoms. The topological polar surface area (TPSA) is 18.5 Å². The molecule has 3 nitrogen and oxygen atoms in total. The van der Waals surface area contributed by atoms with E-state index >= 15 is 0 Å². The minimum atomic E-state index is 0.633. The van der Waals surface area contributed by atoms with Crippen LogP contribution in [0.2, 0.25) is 0 Å². The Hall–Kier alpha value is -0.120. The summed E-state index contributed by atoms with van der Waals surface area (Å²) in [6.45, 7) is 12.0. The molecule has 108 valence electrons. The third-order valence-corrected chi connectivity index (χ3v) is 3.77. The van der Waals surface area contributed by atoms with Crippen LogP contribution in [-0.2, 0) is 0 Å². The second-order valence-electron chi connectivity index (χ2n) is 6.02. The van der Waals surface area contributed by atoms with E-state index in [0.29, 0.717) is 6.04 Å². The number of rotatable bonds is 10. The second-order valence-corrected chi connectivity index (χ2v) is 6.02. The number of hydrogen-bond acceptors (Lipinski definition) is 3. The van der Waals surface area contributed by atoms with E-state index in [1.165, 1.54) is 71.4 Å². The average Bonchev–Trinajstić information content (AvgIpc) is 2.83. The molecule has 0 amide bonds. The summed E-state index contributed by atoms with van der Waals surface area (Å²) in [6, 6.07) is 0.633. The molecule has 0 unspecified atom stereocenters. The summed E-state index contributed by atoms with van der Waals surface area (Å²) < 4.78 is 0. The number of hydrogen-bond donors (Lipinski definition) is 1. The highest BCUT2D eigenvalue weighted by Gasteiger charge is 2.11. The first-order valence-electron chi connectivity index (χ1n) is 7.83. The zero-order valence-corrected chi connectivity index (χ0v) is 12.7. The van der Waals surface area contributed by atoms with E-state index in [9.17, 15) is 0 Å². The molecule has 0 aromatic heterocycles. The van der Waals surface area contributed by atoms with E-state index in [-0.39, 0.29) is 0 Å². The first-order valence-corrected chi connectivity index (χ1v) is 7.83. The molecule has 0 aliphatic carbocycles. The van der Waals surface area contributed by atoms with Gasteiger partial charge in [-0.25, -0.2) is 0 Å². The molecule has 1 rings (SSSR count). The molecule has 18 heavy (non-hydrogen) atoms. The van der Waals surface area contributed by atoms with Crippen LogP contribution in [0.3, 0.4) is 0 Å². The van der Waals surface area contributed by atoms with Crippen molar-refractivity contribution in [3.8, 4) is 0 Å². The highest BCUT2D eigenvalue weighted by Crippen LogP contribution is 2.06. The van der Waals surface area contributed by atoms with Crippen LogP contribution < -0.4 is 5.32 Å². The number of unbranched alkanes of at least 4 members (excludes halogenated alkanes) is 2. The highest BCUT2D eigenvalue weighted by atomic mass is 15.2. The second kappa shape index (κ2) is 9.76. The lowest BCUT2D eigenvalue weighted by atomic mass is 10.2. The van der Waals surface area contributed by atoms with Crippen LogP contribution in [0.5, 0.6) is 0 Å². The largest absolute Gasteiger partial charge is 0.315 e. The van der Waals surface area contributed by atoms with Crippen molar-refractivity contribution in [3.05, 3.63) is 0 Å². The Labute approximate surface area is 114 Å². The summed E-state index contributed by atoms with van der Waals surface area (Å²) in [6.07, 6.45) is 6.83. The molecule has 1 aliphatic rings. The lowest BCUT2D eigenvalue weighted by molar-refractivity contribution is 0.253. The summed E-state index contributed by atoms with van der Waals surface area (Å²) in [5.41, 5.74) is 0. The predicted octanol–water partition coefficient (Wildman–Crippen LogP) is 2.18. The van der Waals surface area contributed by atoms with E-state index in [2.05, 4.69) is 36.0 Å². The van der Waals surface area contributed by atoms with Gasteiger partial charge in [0.25, 0.3) is 0 Å². The molecule has 0 radical (unpaired) electrons. The van der Waals surface area contributed by atoms with Crippen LogP contribution in [0.1, 0.15) is 46.0 Å². The number of likely N-dealkylation sites (N-methyl/N-ethyl adjacent to an activating group) is 1. The highest BCUT2D eigenvalue weighted by molar-refractivity contribution is 4.67. The molecule has 0 spiro atoms. The van der Waals surface area contributed by atoms with Gasteiger partial charge in [0.15, 0.2) is 0 Å². The number of likely N-dealkylation sites (tertiary alicyclic amines) is 1. The van der Waals surface area contributed by atoms with Crippen molar-refractivity contribution in [2.24, 2.45) is 0 Å². The molecular formula is C15H33N3. The molecule has 0 atom stereocenters. The maximum absolute atomic E-state index is 3.48. The Bertz CT molecular complexity index is 188. The minimum absolute atomic E-state index is 0.633. The normalized spacial score (nSPS) is 17.2. The smallest absolute Gasteiger partial charge is 0.0109 e. The van der Waals surface area contributed by atoms with Crippen molar-refractivity contribution in [1.82, 2.24) is 15.1 Å². The summed E-state index contributed by atoms with van der Waals surface area (Å²) in [5, 5.41) is 3.48. The summed E-state index contributed by atoms with van der Waals surface area (Å²) in [7, 11) is 2.27. The van der Waals surface area contributed by atoms with Gasteiger partial charge in [0.2, 0.25) is 0 Å². The molecule has 0 saturated carbocycles. The van der Waals surface area contributed by atoms with E-state index < -0.39 is 0 Å². The Kier molecular flexibility index (Phi) is 8.64. The van der Waals surface area contributed by atoms with Crippen molar-refractivity contribution in [2.45, 2.75) is 52.0 Å². The van der Waals surface area contributed by atoms with Gasteiger partial charge in [-0.1, -0.05) is 20.3 Å². The van der Waals surface area contributed by atoms with Crippen LogP contribution in [-0.4, -0.2) is 62.2 Å². The minimum Gasteiger partial charge on any atom is -0.315 e. The summed E-state index contributed by atoms with van der Waals surface area (Å²) in [4.78, 5) is 5.09. The predicted molar refractivity (Wildman–Crippen MR) is 80.2 cm³/mol. The summed E-state index contributed by atoms with van der Waals surface area (Å²) >= 11 is 0. The van der Waals surface area contributed by atoms with Crippen molar-refractivity contribution in [2.75, 3.05) is 46.3 Å². The fourth-order valence-corrected chi connectivity index (χ4v) is 2.50. The molecule has 1 saturated heterocycles. The molecule has 1 aliphatic heterocycles. The van der Waals surface area contributed by atoms with Gasteiger partial charge in [0, 0.05) is 19.1 Å². The number of nitrogens with zero attached hydrogens (tertiary/aromatic N) is 2. The van der Waals surface area contributed by atoms with Crippen LogP contribution in [0, 0.1) is 0 Å². The molecule has 0 aromatic rings. The van der Waals surface area contributed by atoms with Crippen molar-refractivity contribution in [1.29, 1.82) is 0 Å². The van der Waals surface area contributed by atoms with Gasteiger partial charge < -0.3 is 15.1 Å². The number of nitrogens with one attached hydrogen (secondary N) is 1. The first kappa shape index (κ1) is 15.9. The fraction of sp³-hybridized carbons (Fsp3) is 1.00. The van der Waals surface area contributed by atoms with Gasteiger partial charge in [-0.2, -0.15) is 0 Å². The van der Waals surface area contributed by atoms with E-state index in [1.807, 2.05) is 0 Å². The van der Waals surface area contributed by atoms with Gasteiger partial charge in [-0.15, -0.1) is 0 Å². The zero-order valence-electron chi connectivity index (χ0n) is 12.7. The maximum Gasteiger partial charge on any atom is 0.0109 e. The maximum atomic E-state index is 3.48. The van der Waals surface area contributed by atoms with Gasteiger partial charge in [0.1, 0.15) is 0 Å². The molecule has 1 heterocycles. The standard InChI is InChI=1S/C15H33N3/c1-15(2)16-9-5-4-6-10-17(3)13-14-18-11-7-8-12-18/h15-16H,4-14H2,1-3H3.